The van der Waals surface area contributed by atoms with Crippen molar-refractivity contribution in [3.05, 3.63) is 29.8 Å². The SMILES string of the molecule is CC(C)CC1CN(C(C)C)CCN1S(=O)(=O)c1ccc(C(C)C)cc1. The van der Waals surface area contributed by atoms with E-state index >= 15 is 0 Å². The van der Waals surface area contributed by atoms with Crippen LogP contribution < -0.4 is 0 Å². The lowest BCUT2D eigenvalue weighted by Crippen LogP contribution is -2.56. The average Bonchev–Trinajstić information content (AvgIpc) is 2.54. The highest BCUT2D eigenvalue weighted by Gasteiger charge is 2.36. The van der Waals surface area contributed by atoms with Crippen molar-refractivity contribution in [1.82, 2.24) is 9.21 Å². The van der Waals surface area contributed by atoms with Crippen molar-refractivity contribution in [2.45, 2.75) is 70.9 Å². The van der Waals surface area contributed by atoms with Crippen molar-refractivity contribution in [2.24, 2.45) is 5.92 Å². The Bertz CT molecular complexity index is 651. The zero-order valence-electron chi connectivity index (χ0n) is 16.6. The predicted molar refractivity (Wildman–Crippen MR) is 104 cm³/mol. The van der Waals surface area contributed by atoms with Gasteiger partial charge in [0.2, 0.25) is 10.0 Å². The Morgan fingerprint density at radius 3 is 2.08 bits per heavy atom. The van der Waals surface area contributed by atoms with Crippen LogP contribution in [0.3, 0.4) is 0 Å². The summed E-state index contributed by atoms with van der Waals surface area (Å²) in [5.74, 6) is 0.873. The zero-order valence-corrected chi connectivity index (χ0v) is 17.4. The summed E-state index contributed by atoms with van der Waals surface area (Å²) in [4.78, 5) is 2.81. The third kappa shape index (κ3) is 4.83. The molecule has 1 aromatic carbocycles. The molecule has 0 saturated carbocycles. The van der Waals surface area contributed by atoms with Crippen LogP contribution in [0.4, 0.5) is 0 Å². The van der Waals surface area contributed by atoms with Gasteiger partial charge in [0, 0.05) is 31.7 Å². The van der Waals surface area contributed by atoms with E-state index in [0.29, 0.717) is 29.3 Å². The summed E-state index contributed by atoms with van der Waals surface area (Å²) >= 11 is 0. The van der Waals surface area contributed by atoms with E-state index in [4.69, 9.17) is 0 Å². The number of hydrogen-bond acceptors (Lipinski definition) is 3. The topological polar surface area (TPSA) is 40.6 Å². The Labute approximate surface area is 154 Å². The number of rotatable bonds is 6. The Morgan fingerprint density at radius 2 is 1.60 bits per heavy atom. The number of hydrogen-bond donors (Lipinski definition) is 0. The highest BCUT2D eigenvalue weighted by molar-refractivity contribution is 7.89. The van der Waals surface area contributed by atoms with Crippen LogP contribution in [0.5, 0.6) is 0 Å². The van der Waals surface area contributed by atoms with Gasteiger partial charge in [-0.2, -0.15) is 4.31 Å². The first-order valence-electron chi connectivity index (χ1n) is 9.48. The molecule has 1 fully saturated rings. The minimum absolute atomic E-state index is 0.0472. The van der Waals surface area contributed by atoms with Crippen LogP contribution in [-0.4, -0.2) is 49.3 Å². The maximum atomic E-state index is 13.2. The lowest BCUT2D eigenvalue weighted by atomic mass is 10.0. The highest BCUT2D eigenvalue weighted by Crippen LogP contribution is 2.27. The van der Waals surface area contributed by atoms with E-state index in [0.717, 1.165) is 19.5 Å². The van der Waals surface area contributed by atoms with Crippen LogP contribution in [0.15, 0.2) is 29.2 Å². The second kappa shape index (κ2) is 8.19. The van der Waals surface area contributed by atoms with Crippen molar-refractivity contribution in [2.75, 3.05) is 19.6 Å². The maximum absolute atomic E-state index is 13.2. The lowest BCUT2D eigenvalue weighted by molar-refractivity contribution is 0.0977. The quantitative estimate of drug-likeness (QED) is 0.766. The fraction of sp³-hybridized carbons (Fsp3) is 0.700. The largest absolute Gasteiger partial charge is 0.298 e. The van der Waals surface area contributed by atoms with E-state index in [-0.39, 0.29) is 6.04 Å². The van der Waals surface area contributed by atoms with E-state index in [1.807, 2.05) is 12.1 Å². The van der Waals surface area contributed by atoms with Gasteiger partial charge >= 0.3 is 0 Å². The molecule has 142 valence electrons. The van der Waals surface area contributed by atoms with Crippen LogP contribution >= 0.6 is 0 Å². The van der Waals surface area contributed by atoms with E-state index in [9.17, 15) is 8.42 Å². The Morgan fingerprint density at radius 1 is 1.00 bits per heavy atom. The number of benzene rings is 1. The Hall–Kier alpha value is -0.910. The molecule has 1 heterocycles. The molecule has 0 radical (unpaired) electrons. The molecule has 1 unspecified atom stereocenters. The van der Waals surface area contributed by atoms with Crippen LogP contribution in [0.1, 0.15) is 59.4 Å². The third-order valence-electron chi connectivity index (χ3n) is 5.09. The first-order valence-corrected chi connectivity index (χ1v) is 10.9. The minimum Gasteiger partial charge on any atom is -0.298 e. The molecule has 0 bridgehead atoms. The molecule has 1 saturated heterocycles. The first kappa shape index (κ1) is 20.4. The molecule has 0 aliphatic carbocycles. The average molecular weight is 367 g/mol. The predicted octanol–water partition coefficient (Wildman–Crippen LogP) is 3.94. The summed E-state index contributed by atoms with van der Waals surface area (Å²) in [5.41, 5.74) is 1.17. The summed E-state index contributed by atoms with van der Waals surface area (Å²) in [5, 5.41) is 0. The Balaban J connectivity index is 2.28. The second-order valence-corrected chi connectivity index (χ2v) is 10.1. The van der Waals surface area contributed by atoms with Crippen molar-refractivity contribution < 1.29 is 8.42 Å². The van der Waals surface area contributed by atoms with E-state index < -0.39 is 10.0 Å². The molecule has 1 aliphatic rings. The summed E-state index contributed by atoms with van der Waals surface area (Å²) in [6.45, 7) is 15.1. The molecule has 4 nitrogen and oxygen atoms in total. The normalized spacial score (nSPS) is 20.8. The molecular weight excluding hydrogens is 332 g/mol. The van der Waals surface area contributed by atoms with Crippen LogP contribution in [0.2, 0.25) is 0 Å². The summed E-state index contributed by atoms with van der Waals surface area (Å²) in [6.07, 6.45) is 0.895. The molecule has 1 atom stereocenters. The monoisotopic (exact) mass is 366 g/mol. The molecule has 0 N–H and O–H groups in total. The third-order valence-corrected chi connectivity index (χ3v) is 7.05. The second-order valence-electron chi connectivity index (χ2n) is 8.21. The van der Waals surface area contributed by atoms with E-state index in [2.05, 4.69) is 46.4 Å². The molecule has 0 spiro atoms. The van der Waals surface area contributed by atoms with Gasteiger partial charge in [-0.25, -0.2) is 8.42 Å². The van der Waals surface area contributed by atoms with Crippen LogP contribution in [0, 0.1) is 5.92 Å². The first-order chi connectivity index (χ1) is 11.6. The number of sulfonamides is 1. The molecule has 25 heavy (non-hydrogen) atoms. The van der Waals surface area contributed by atoms with Gasteiger partial charge < -0.3 is 0 Å². The van der Waals surface area contributed by atoms with Gasteiger partial charge in [-0.05, 0) is 49.8 Å². The summed E-state index contributed by atoms with van der Waals surface area (Å²) < 4.78 is 28.2. The van der Waals surface area contributed by atoms with E-state index in [1.165, 1.54) is 5.56 Å². The number of piperazine rings is 1. The fourth-order valence-corrected chi connectivity index (χ4v) is 5.16. The van der Waals surface area contributed by atoms with Gasteiger partial charge in [0.25, 0.3) is 0 Å². The highest BCUT2D eigenvalue weighted by atomic mass is 32.2. The van der Waals surface area contributed by atoms with E-state index in [1.54, 1.807) is 16.4 Å². The van der Waals surface area contributed by atoms with Gasteiger partial charge in [0.1, 0.15) is 0 Å². The standard InChI is InChI=1S/C20H34N2O2S/c1-15(2)13-19-14-21(17(5)6)11-12-22(19)25(23,24)20-9-7-18(8-10-20)16(3)4/h7-10,15-17,19H,11-14H2,1-6H3. The minimum atomic E-state index is -3.44. The van der Waals surface area contributed by atoms with Gasteiger partial charge in [0.05, 0.1) is 4.90 Å². The zero-order chi connectivity index (χ0) is 18.8. The molecular formula is C20H34N2O2S. The fourth-order valence-electron chi connectivity index (χ4n) is 3.54. The maximum Gasteiger partial charge on any atom is 0.243 e. The smallest absolute Gasteiger partial charge is 0.243 e. The van der Waals surface area contributed by atoms with Gasteiger partial charge in [-0.3, -0.25) is 4.90 Å². The van der Waals surface area contributed by atoms with Crippen molar-refractivity contribution in [3.8, 4) is 0 Å². The Kier molecular flexibility index (Phi) is 6.68. The van der Waals surface area contributed by atoms with Crippen molar-refractivity contribution >= 4 is 10.0 Å². The number of nitrogens with zero attached hydrogens (tertiary/aromatic N) is 2. The van der Waals surface area contributed by atoms with Gasteiger partial charge in [-0.15, -0.1) is 0 Å². The summed E-state index contributed by atoms with van der Waals surface area (Å²) in [7, 11) is -3.44. The molecule has 1 aliphatic heterocycles. The molecule has 2 rings (SSSR count). The van der Waals surface area contributed by atoms with Gasteiger partial charge in [-0.1, -0.05) is 39.8 Å². The van der Waals surface area contributed by atoms with Crippen LogP contribution in [-0.2, 0) is 10.0 Å². The van der Waals surface area contributed by atoms with Gasteiger partial charge in [0.15, 0.2) is 0 Å². The lowest BCUT2D eigenvalue weighted by Gasteiger charge is -2.42. The molecule has 0 aromatic heterocycles. The molecule has 5 heteroatoms. The van der Waals surface area contributed by atoms with Crippen molar-refractivity contribution in [3.63, 3.8) is 0 Å². The van der Waals surface area contributed by atoms with Crippen molar-refractivity contribution in [1.29, 1.82) is 0 Å². The van der Waals surface area contributed by atoms with Crippen LogP contribution in [0.25, 0.3) is 0 Å². The molecule has 1 aromatic rings. The summed E-state index contributed by atoms with van der Waals surface area (Å²) in [6, 6.07) is 7.92. The molecule has 0 amide bonds.